The number of carboxylic acids is 1. The van der Waals surface area contributed by atoms with Crippen molar-refractivity contribution in [2.45, 2.75) is 24.3 Å². The van der Waals surface area contributed by atoms with Crippen molar-refractivity contribution in [3.05, 3.63) is 21.3 Å². The molecule has 0 aliphatic heterocycles. The number of aromatic carboxylic acids is 1. The van der Waals surface area contributed by atoms with Crippen LogP contribution in [0.2, 0.25) is 0 Å². The Bertz CT molecular complexity index is 630. The van der Waals surface area contributed by atoms with Crippen molar-refractivity contribution in [2.75, 3.05) is 0 Å². The summed E-state index contributed by atoms with van der Waals surface area (Å²) >= 11 is 2.61. The van der Waals surface area contributed by atoms with Gasteiger partial charge >= 0.3 is 5.97 Å². The van der Waals surface area contributed by atoms with Crippen LogP contribution in [-0.4, -0.2) is 26.3 Å². The van der Waals surface area contributed by atoms with E-state index in [0.717, 1.165) is 0 Å². The minimum Gasteiger partial charge on any atom is -0.478 e. The third-order valence-corrected chi connectivity index (χ3v) is 3.76. The predicted molar refractivity (Wildman–Crippen MR) is 68.2 cm³/mol. The number of aromatic amines is 1. The number of thioether (sulfide) groups is 1. The summed E-state index contributed by atoms with van der Waals surface area (Å²) < 4.78 is 0. The van der Waals surface area contributed by atoms with Crippen molar-refractivity contribution in [2.24, 2.45) is 0 Å². The molecule has 0 spiro atoms. The highest BCUT2D eigenvalue weighted by Gasteiger charge is 2.16. The average Bonchev–Trinajstić information content (AvgIpc) is 2.60. The molecule has 0 bridgehead atoms. The van der Waals surface area contributed by atoms with Gasteiger partial charge in [0.25, 0.3) is 5.56 Å². The molecule has 2 N–H and O–H groups in total. The van der Waals surface area contributed by atoms with Gasteiger partial charge in [-0.25, -0.2) is 9.78 Å². The van der Waals surface area contributed by atoms with Crippen molar-refractivity contribution in [3.63, 3.8) is 0 Å². The van der Waals surface area contributed by atoms with E-state index in [0.29, 0.717) is 15.2 Å². The van der Waals surface area contributed by atoms with Crippen LogP contribution in [0, 0.1) is 0 Å². The van der Waals surface area contributed by atoms with Gasteiger partial charge in [0.05, 0.1) is 10.9 Å². The van der Waals surface area contributed by atoms with Crippen molar-refractivity contribution in [1.29, 1.82) is 0 Å². The Labute approximate surface area is 105 Å². The summed E-state index contributed by atoms with van der Waals surface area (Å²) in [7, 11) is 0. The van der Waals surface area contributed by atoms with Gasteiger partial charge in [-0.2, -0.15) is 0 Å². The van der Waals surface area contributed by atoms with Crippen LogP contribution in [0.5, 0.6) is 0 Å². The minimum absolute atomic E-state index is 0.0137. The van der Waals surface area contributed by atoms with Crippen molar-refractivity contribution >= 4 is 39.3 Å². The lowest BCUT2D eigenvalue weighted by Crippen LogP contribution is -2.11. The summed E-state index contributed by atoms with van der Waals surface area (Å²) in [5.74, 6) is -1.10. The van der Waals surface area contributed by atoms with Crippen LogP contribution in [0.25, 0.3) is 10.2 Å². The van der Waals surface area contributed by atoms with E-state index in [1.165, 1.54) is 28.5 Å². The third kappa shape index (κ3) is 2.34. The average molecular weight is 270 g/mol. The normalized spacial score (nSPS) is 11.2. The van der Waals surface area contributed by atoms with Crippen LogP contribution in [0.4, 0.5) is 0 Å². The maximum atomic E-state index is 11.8. The molecule has 0 radical (unpaired) electrons. The molecule has 5 nitrogen and oxygen atoms in total. The lowest BCUT2D eigenvalue weighted by Gasteiger charge is -2.02. The van der Waals surface area contributed by atoms with Crippen LogP contribution >= 0.6 is 23.1 Å². The summed E-state index contributed by atoms with van der Waals surface area (Å²) in [4.78, 5) is 30.0. The summed E-state index contributed by atoms with van der Waals surface area (Å²) in [6, 6.07) is 0. The smallest absolute Gasteiger partial charge is 0.337 e. The molecule has 0 aliphatic carbocycles. The zero-order valence-electron chi connectivity index (χ0n) is 9.18. The Kier molecular flexibility index (Phi) is 3.21. The first-order valence-corrected chi connectivity index (χ1v) is 6.66. The van der Waals surface area contributed by atoms with E-state index in [2.05, 4.69) is 9.97 Å². The third-order valence-electron chi connectivity index (χ3n) is 2.00. The maximum absolute atomic E-state index is 11.8. The number of nitrogens with zero attached hydrogens (tertiary/aromatic N) is 1. The van der Waals surface area contributed by atoms with Gasteiger partial charge in [0.1, 0.15) is 4.83 Å². The summed E-state index contributed by atoms with van der Waals surface area (Å²) in [6.07, 6.45) is 0. The molecule has 2 rings (SSSR count). The highest BCUT2D eigenvalue weighted by molar-refractivity contribution is 7.99. The second-order valence-electron chi connectivity index (χ2n) is 3.67. The molecule has 2 aromatic heterocycles. The van der Waals surface area contributed by atoms with Crippen molar-refractivity contribution in [1.82, 2.24) is 9.97 Å². The standard InChI is InChI=1S/C10H10N2O3S2/c1-4(2)17-10-11-7(13)6-5(9(14)15)3-16-8(6)12-10/h3-4H,1-2H3,(H,14,15)(H,11,12,13). The van der Waals surface area contributed by atoms with E-state index >= 15 is 0 Å². The Hall–Kier alpha value is -1.34. The number of carboxylic acid groups (broad SMARTS) is 1. The van der Waals surface area contributed by atoms with E-state index in [1.54, 1.807) is 0 Å². The van der Waals surface area contributed by atoms with Crippen molar-refractivity contribution in [3.8, 4) is 0 Å². The number of aromatic nitrogens is 2. The van der Waals surface area contributed by atoms with Gasteiger partial charge in [-0.3, -0.25) is 4.79 Å². The van der Waals surface area contributed by atoms with Gasteiger partial charge < -0.3 is 10.1 Å². The molecule has 0 aromatic carbocycles. The predicted octanol–water partition coefficient (Wildman–Crippen LogP) is 2.18. The Balaban J connectivity index is 2.62. The molecule has 0 unspecified atom stereocenters. The van der Waals surface area contributed by atoms with E-state index in [-0.39, 0.29) is 10.9 Å². The lowest BCUT2D eigenvalue weighted by molar-refractivity contribution is 0.0699. The summed E-state index contributed by atoms with van der Waals surface area (Å²) in [5, 5.41) is 11.4. The van der Waals surface area contributed by atoms with E-state index in [1.807, 2.05) is 13.8 Å². The van der Waals surface area contributed by atoms with Gasteiger partial charge in [0.2, 0.25) is 0 Å². The van der Waals surface area contributed by atoms with Gasteiger partial charge in [-0.15, -0.1) is 11.3 Å². The molecular formula is C10H10N2O3S2. The molecule has 0 saturated heterocycles. The molecular weight excluding hydrogens is 260 g/mol. The number of carbonyl (C=O) groups is 1. The topological polar surface area (TPSA) is 83.0 Å². The number of fused-ring (bicyclic) bond motifs is 1. The fourth-order valence-corrected chi connectivity index (χ4v) is 3.08. The highest BCUT2D eigenvalue weighted by Crippen LogP contribution is 2.24. The van der Waals surface area contributed by atoms with Crippen LogP contribution in [0.1, 0.15) is 24.2 Å². The van der Waals surface area contributed by atoms with Gasteiger partial charge in [-0.05, 0) is 0 Å². The number of H-pyrrole nitrogens is 1. The molecule has 90 valence electrons. The quantitative estimate of drug-likeness (QED) is 0.659. The summed E-state index contributed by atoms with van der Waals surface area (Å²) in [5.41, 5.74) is -0.378. The lowest BCUT2D eigenvalue weighted by atomic mass is 10.2. The second-order valence-corrected chi connectivity index (χ2v) is 6.10. The van der Waals surface area contributed by atoms with E-state index in [4.69, 9.17) is 5.11 Å². The van der Waals surface area contributed by atoms with Gasteiger partial charge in [0.15, 0.2) is 5.16 Å². The maximum Gasteiger partial charge on any atom is 0.337 e. The summed E-state index contributed by atoms with van der Waals surface area (Å²) in [6.45, 7) is 3.98. The van der Waals surface area contributed by atoms with Crippen LogP contribution in [0.15, 0.2) is 15.3 Å². The van der Waals surface area contributed by atoms with E-state index in [9.17, 15) is 9.59 Å². The first-order valence-electron chi connectivity index (χ1n) is 4.90. The zero-order chi connectivity index (χ0) is 12.6. The fraction of sp³-hybridized carbons (Fsp3) is 0.300. The second kappa shape index (κ2) is 4.50. The number of nitrogens with one attached hydrogen (secondary N) is 1. The molecule has 2 heterocycles. The highest BCUT2D eigenvalue weighted by atomic mass is 32.2. The molecule has 17 heavy (non-hydrogen) atoms. The molecule has 2 aromatic rings. The first kappa shape index (κ1) is 12.1. The fourth-order valence-electron chi connectivity index (χ4n) is 1.37. The number of hydrogen-bond acceptors (Lipinski definition) is 5. The number of hydrogen-bond donors (Lipinski definition) is 2. The molecule has 0 aliphatic rings. The van der Waals surface area contributed by atoms with Crippen LogP contribution < -0.4 is 5.56 Å². The molecule has 0 amide bonds. The Morgan fingerprint density at radius 1 is 1.59 bits per heavy atom. The Morgan fingerprint density at radius 2 is 2.29 bits per heavy atom. The van der Waals surface area contributed by atoms with Gasteiger partial charge in [-0.1, -0.05) is 25.6 Å². The monoisotopic (exact) mass is 270 g/mol. The SMILES string of the molecule is CC(C)Sc1nc2scc(C(=O)O)c2c(=O)[nH]1. The largest absolute Gasteiger partial charge is 0.478 e. The molecule has 0 saturated carbocycles. The zero-order valence-corrected chi connectivity index (χ0v) is 10.8. The molecule has 7 heteroatoms. The molecule has 0 atom stereocenters. The Morgan fingerprint density at radius 3 is 2.88 bits per heavy atom. The van der Waals surface area contributed by atoms with Crippen LogP contribution in [-0.2, 0) is 0 Å². The van der Waals surface area contributed by atoms with Crippen molar-refractivity contribution < 1.29 is 9.90 Å². The molecule has 0 fully saturated rings. The van der Waals surface area contributed by atoms with E-state index < -0.39 is 11.5 Å². The number of thiophene rings is 1. The number of rotatable bonds is 3. The first-order chi connectivity index (χ1) is 7.99. The minimum atomic E-state index is -1.10. The van der Waals surface area contributed by atoms with Gasteiger partial charge in [0, 0.05) is 10.6 Å². The van der Waals surface area contributed by atoms with Crippen LogP contribution in [0.3, 0.4) is 0 Å².